The number of nitrogens with zero attached hydrogens (tertiary/aromatic N) is 2. The fourth-order valence-electron chi connectivity index (χ4n) is 3.23. The van der Waals surface area contributed by atoms with Gasteiger partial charge in [-0.15, -0.1) is 0 Å². The quantitative estimate of drug-likeness (QED) is 0.181. The Morgan fingerprint density at radius 2 is 1.83 bits per heavy atom. The van der Waals surface area contributed by atoms with Crippen molar-refractivity contribution in [2.75, 3.05) is 11.9 Å². The zero-order valence-electron chi connectivity index (χ0n) is 19.3. The molecule has 5 nitrogen and oxygen atoms in total. The van der Waals surface area contributed by atoms with Crippen LogP contribution in [0.15, 0.2) is 93.9 Å². The number of benzene rings is 3. The lowest BCUT2D eigenvalue weighted by molar-refractivity contribution is 0.101. The molecule has 0 saturated heterocycles. The van der Waals surface area contributed by atoms with Crippen molar-refractivity contribution in [2.45, 2.75) is 34.5 Å². The summed E-state index contributed by atoms with van der Waals surface area (Å²) in [6, 6.07) is 23.0. The zero-order valence-corrected chi connectivity index (χ0v) is 21.7. The molecule has 1 aromatic heterocycles. The van der Waals surface area contributed by atoms with Crippen LogP contribution in [0.25, 0.3) is 0 Å². The molecule has 1 N–H and O–H groups in total. The fraction of sp³-hybridized carbons (Fsp3) is 0.148. The zero-order chi connectivity index (χ0) is 24.6. The normalized spacial score (nSPS) is 10.7. The lowest BCUT2D eigenvalue weighted by atomic mass is 10.2. The second kappa shape index (κ2) is 12.1. The first-order valence-electron chi connectivity index (χ1n) is 11.0. The van der Waals surface area contributed by atoms with Crippen LogP contribution in [0.3, 0.4) is 0 Å². The fourth-order valence-corrected chi connectivity index (χ4v) is 4.98. The number of amides is 1. The summed E-state index contributed by atoms with van der Waals surface area (Å²) in [6.07, 6.45) is 1.71. The van der Waals surface area contributed by atoms with Gasteiger partial charge in [-0.25, -0.2) is 9.97 Å². The molecule has 8 heteroatoms. The minimum Gasteiger partial charge on any atom is -0.494 e. The maximum atomic E-state index is 13.3. The molecule has 0 unspecified atom stereocenters. The van der Waals surface area contributed by atoms with E-state index in [1.807, 2.05) is 61.5 Å². The van der Waals surface area contributed by atoms with E-state index in [2.05, 4.69) is 40.4 Å². The predicted octanol–water partition coefficient (Wildman–Crippen LogP) is 7.53. The van der Waals surface area contributed by atoms with E-state index in [0.717, 1.165) is 10.6 Å². The molecule has 0 radical (unpaired) electrons. The van der Waals surface area contributed by atoms with E-state index in [0.29, 0.717) is 38.8 Å². The maximum Gasteiger partial charge on any atom is 0.275 e. The molecular formula is C27H24ClN3O2S2. The average Bonchev–Trinajstić information content (AvgIpc) is 2.86. The number of nitrogens with one attached hydrogen (secondary N) is 1. The van der Waals surface area contributed by atoms with Crippen LogP contribution in [0.1, 0.15) is 28.5 Å². The number of thioether (sulfide) groups is 1. The smallest absolute Gasteiger partial charge is 0.275 e. The summed E-state index contributed by atoms with van der Waals surface area (Å²) < 4.78 is 5.48. The molecule has 4 aromatic rings. The van der Waals surface area contributed by atoms with Crippen LogP contribution in [0.2, 0.25) is 5.02 Å². The lowest BCUT2D eigenvalue weighted by Gasteiger charge is -2.11. The third-order valence-corrected chi connectivity index (χ3v) is 7.07. The molecule has 0 aliphatic heterocycles. The van der Waals surface area contributed by atoms with Gasteiger partial charge in [0.15, 0.2) is 5.16 Å². The van der Waals surface area contributed by atoms with Crippen molar-refractivity contribution in [1.29, 1.82) is 0 Å². The van der Waals surface area contributed by atoms with E-state index < -0.39 is 0 Å². The van der Waals surface area contributed by atoms with Crippen LogP contribution < -0.4 is 10.1 Å². The second-order valence-corrected chi connectivity index (χ2v) is 10.1. The van der Waals surface area contributed by atoms with Crippen LogP contribution in [-0.2, 0) is 5.75 Å². The molecule has 0 saturated carbocycles. The summed E-state index contributed by atoms with van der Waals surface area (Å²) in [5, 5.41) is 4.14. The molecular weight excluding hydrogens is 498 g/mol. The molecule has 0 bridgehead atoms. The minimum absolute atomic E-state index is 0.301. The SMILES string of the molecule is CCOc1ccc(NC(=O)c2nc(SCc3cccc(C)c3)ncc2Sc2ccc(Cl)cc2)cc1. The van der Waals surface area contributed by atoms with Crippen molar-refractivity contribution >= 4 is 46.7 Å². The Bertz CT molecular complexity index is 1300. The van der Waals surface area contributed by atoms with Gasteiger partial charge in [0.05, 0.1) is 11.5 Å². The highest BCUT2D eigenvalue weighted by atomic mass is 35.5. The summed E-state index contributed by atoms with van der Waals surface area (Å²) in [4.78, 5) is 24.0. The Morgan fingerprint density at radius 3 is 2.54 bits per heavy atom. The molecule has 1 amide bonds. The largest absolute Gasteiger partial charge is 0.494 e. The Morgan fingerprint density at radius 1 is 1.06 bits per heavy atom. The number of hydrogen-bond acceptors (Lipinski definition) is 6. The van der Waals surface area contributed by atoms with Gasteiger partial charge in [0.2, 0.25) is 0 Å². The van der Waals surface area contributed by atoms with Crippen LogP contribution in [-0.4, -0.2) is 22.5 Å². The molecule has 0 atom stereocenters. The predicted molar refractivity (Wildman–Crippen MR) is 144 cm³/mol. The molecule has 178 valence electrons. The van der Waals surface area contributed by atoms with Gasteiger partial charge >= 0.3 is 0 Å². The van der Waals surface area contributed by atoms with E-state index in [4.69, 9.17) is 16.3 Å². The van der Waals surface area contributed by atoms with Gasteiger partial charge in [-0.1, -0.05) is 65.0 Å². The summed E-state index contributed by atoms with van der Waals surface area (Å²) in [7, 11) is 0. The van der Waals surface area contributed by atoms with Crippen molar-refractivity contribution in [3.63, 3.8) is 0 Å². The van der Waals surface area contributed by atoms with Crippen molar-refractivity contribution in [3.8, 4) is 5.75 Å². The Hall–Kier alpha value is -3.00. The number of aromatic nitrogens is 2. The van der Waals surface area contributed by atoms with Gasteiger partial charge in [0, 0.05) is 27.6 Å². The van der Waals surface area contributed by atoms with Crippen molar-refractivity contribution in [3.05, 3.63) is 101 Å². The van der Waals surface area contributed by atoms with Gasteiger partial charge in [-0.05, 0) is 67.9 Å². The second-order valence-electron chi connectivity index (χ2n) is 7.61. The highest BCUT2D eigenvalue weighted by Gasteiger charge is 2.17. The number of rotatable bonds is 9. The first-order valence-corrected chi connectivity index (χ1v) is 13.2. The lowest BCUT2D eigenvalue weighted by Crippen LogP contribution is -2.16. The number of ether oxygens (including phenoxy) is 1. The van der Waals surface area contributed by atoms with Gasteiger partial charge in [0.1, 0.15) is 11.4 Å². The summed E-state index contributed by atoms with van der Waals surface area (Å²) in [5.41, 5.74) is 3.36. The van der Waals surface area contributed by atoms with Crippen molar-refractivity contribution in [2.24, 2.45) is 0 Å². The molecule has 3 aromatic carbocycles. The molecule has 35 heavy (non-hydrogen) atoms. The van der Waals surface area contributed by atoms with E-state index in [1.165, 1.54) is 34.7 Å². The molecule has 0 spiro atoms. The summed E-state index contributed by atoms with van der Waals surface area (Å²) in [5.74, 6) is 1.16. The van der Waals surface area contributed by atoms with Crippen LogP contribution in [0.5, 0.6) is 5.75 Å². The highest BCUT2D eigenvalue weighted by Crippen LogP contribution is 2.32. The van der Waals surface area contributed by atoms with Crippen LogP contribution in [0, 0.1) is 6.92 Å². The highest BCUT2D eigenvalue weighted by molar-refractivity contribution is 7.99. The number of aryl methyl sites for hydroxylation is 1. The van der Waals surface area contributed by atoms with E-state index in [1.54, 1.807) is 6.20 Å². The Labute approximate surface area is 218 Å². The number of hydrogen-bond donors (Lipinski definition) is 1. The Balaban J connectivity index is 1.57. The maximum absolute atomic E-state index is 13.3. The first-order chi connectivity index (χ1) is 17.0. The first kappa shape index (κ1) is 25.1. The van der Waals surface area contributed by atoms with E-state index >= 15 is 0 Å². The van der Waals surface area contributed by atoms with Gasteiger partial charge < -0.3 is 10.1 Å². The molecule has 0 aliphatic carbocycles. The standard InChI is InChI=1S/C27H24ClN3O2S2/c1-3-33-22-11-9-21(10-12-22)30-26(32)25-24(35-23-13-7-20(28)8-14-23)16-29-27(31-25)34-17-19-6-4-5-18(2)15-19/h4-16H,3,17H2,1-2H3,(H,30,32). The van der Waals surface area contributed by atoms with Crippen LogP contribution in [0.4, 0.5) is 5.69 Å². The number of anilines is 1. The average molecular weight is 522 g/mol. The number of halogens is 1. The molecule has 1 heterocycles. The minimum atomic E-state index is -0.301. The topological polar surface area (TPSA) is 64.1 Å². The van der Waals surface area contributed by atoms with Gasteiger partial charge in [-0.2, -0.15) is 0 Å². The number of carbonyl (C=O) groups is 1. The van der Waals surface area contributed by atoms with Crippen LogP contribution >= 0.6 is 35.1 Å². The van der Waals surface area contributed by atoms with Gasteiger partial charge in [-0.3, -0.25) is 4.79 Å². The van der Waals surface area contributed by atoms with E-state index in [9.17, 15) is 4.79 Å². The molecule has 0 fully saturated rings. The van der Waals surface area contributed by atoms with E-state index in [-0.39, 0.29) is 5.91 Å². The van der Waals surface area contributed by atoms with Crippen molar-refractivity contribution in [1.82, 2.24) is 9.97 Å². The Kier molecular flexibility index (Phi) is 8.69. The van der Waals surface area contributed by atoms with Gasteiger partial charge in [0.25, 0.3) is 5.91 Å². The molecule has 0 aliphatic rings. The third-order valence-electron chi connectivity index (χ3n) is 4.86. The van der Waals surface area contributed by atoms with Crippen molar-refractivity contribution < 1.29 is 9.53 Å². The summed E-state index contributed by atoms with van der Waals surface area (Å²) in [6.45, 7) is 4.58. The summed E-state index contributed by atoms with van der Waals surface area (Å²) >= 11 is 8.94. The molecule has 4 rings (SSSR count). The number of carbonyl (C=O) groups excluding carboxylic acids is 1. The monoisotopic (exact) mass is 521 g/mol. The third kappa shape index (κ3) is 7.24.